The lowest BCUT2D eigenvalue weighted by atomic mass is 10.2. The van der Waals surface area contributed by atoms with E-state index in [1.165, 1.54) is 0 Å². The molecule has 150 valence electrons. The molecule has 1 heterocycles. The van der Waals surface area contributed by atoms with Gasteiger partial charge in [-0.25, -0.2) is 4.90 Å². The van der Waals surface area contributed by atoms with Crippen molar-refractivity contribution in [3.8, 4) is 5.75 Å². The molecule has 0 N–H and O–H groups in total. The summed E-state index contributed by atoms with van der Waals surface area (Å²) in [5, 5.41) is 0.205. The third kappa shape index (κ3) is 4.61. The zero-order valence-corrected chi connectivity index (χ0v) is 18.7. The number of carbonyl (C=O) groups is 2. The van der Waals surface area contributed by atoms with Crippen LogP contribution in [0.15, 0.2) is 82.2 Å². The number of anilines is 1. The average molecular weight is 501 g/mol. The standard InChI is InChI=1S/C23H15BrClNO3S/c24-19-12-16(6-11-20(19)29-14-15-4-2-1-3-5-15)13-21-22(27)26(23(28)30-21)18-9-7-17(25)8-10-18/h1-13H,14H2/b21-13+. The van der Waals surface area contributed by atoms with Crippen LogP contribution in [0.4, 0.5) is 10.5 Å². The summed E-state index contributed by atoms with van der Waals surface area (Å²) >= 11 is 10.3. The number of hydrogen-bond acceptors (Lipinski definition) is 4. The zero-order chi connectivity index (χ0) is 21.1. The van der Waals surface area contributed by atoms with Gasteiger partial charge in [-0.1, -0.05) is 48.0 Å². The summed E-state index contributed by atoms with van der Waals surface area (Å²) in [5.41, 5.74) is 2.36. The number of amides is 2. The van der Waals surface area contributed by atoms with Crippen LogP contribution in [-0.4, -0.2) is 11.1 Å². The van der Waals surface area contributed by atoms with Crippen molar-refractivity contribution >= 4 is 62.2 Å². The Balaban J connectivity index is 1.50. The zero-order valence-electron chi connectivity index (χ0n) is 15.5. The summed E-state index contributed by atoms with van der Waals surface area (Å²) in [6, 6.07) is 22.0. The molecular formula is C23H15BrClNO3S. The predicted octanol–water partition coefficient (Wildman–Crippen LogP) is 6.92. The number of benzene rings is 3. The van der Waals surface area contributed by atoms with Crippen LogP contribution in [0.3, 0.4) is 0 Å². The van der Waals surface area contributed by atoms with E-state index in [9.17, 15) is 9.59 Å². The molecule has 0 bridgehead atoms. The second-order valence-electron chi connectivity index (χ2n) is 6.46. The molecule has 0 unspecified atom stereocenters. The van der Waals surface area contributed by atoms with Gasteiger partial charge in [0.05, 0.1) is 15.1 Å². The van der Waals surface area contributed by atoms with Crippen molar-refractivity contribution in [2.75, 3.05) is 4.90 Å². The van der Waals surface area contributed by atoms with E-state index in [0.717, 1.165) is 32.3 Å². The minimum atomic E-state index is -0.354. The molecule has 3 aromatic carbocycles. The number of imide groups is 1. The average Bonchev–Trinajstić information content (AvgIpc) is 3.02. The fourth-order valence-corrected chi connectivity index (χ4v) is 4.37. The van der Waals surface area contributed by atoms with Crippen molar-refractivity contribution in [1.82, 2.24) is 0 Å². The summed E-state index contributed by atoms with van der Waals surface area (Å²) in [5.74, 6) is 0.345. The van der Waals surface area contributed by atoms with Gasteiger partial charge in [-0.05, 0) is 81.3 Å². The Morgan fingerprint density at radius 1 is 1.00 bits per heavy atom. The smallest absolute Gasteiger partial charge is 0.298 e. The Morgan fingerprint density at radius 2 is 1.73 bits per heavy atom. The van der Waals surface area contributed by atoms with Crippen molar-refractivity contribution in [1.29, 1.82) is 0 Å². The van der Waals surface area contributed by atoms with E-state index < -0.39 is 0 Å². The fraction of sp³-hybridized carbons (Fsp3) is 0.0435. The highest BCUT2D eigenvalue weighted by molar-refractivity contribution is 9.10. The van der Waals surface area contributed by atoms with Crippen LogP contribution in [0.2, 0.25) is 5.02 Å². The highest BCUT2D eigenvalue weighted by atomic mass is 79.9. The molecule has 0 aliphatic carbocycles. The maximum atomic E-state index is 12.8. The van der Waals surface area contributed by atoms with Gasteiger partial charge in [0.2, 0.25) is 0 Å². The highest BCUT2D eigenvalue weighted by Gasteiger charge is 2.36. The molecule has 1 fully saturated rings. The van der Waals surface area contributed by atoms with Crippen molar-refractivity contribution in [3.05, 3.63) is 98.3 Å². The monoisotopic (exact) mass is 499 g/mol. The molecule has 4 nitrogen and oxygen atoms in total. The molecule has 0 spiro atoms. The number of thioether (sulfide) groups is 1. The molecule has 4 rings (SSSR count). The van der Waals surface area contributed by atoms with E-state index >= 15 is 0 Å². The largest absolute Gasteiger partial charge is 0.488 e. The third-order valence-corrected chi connectivity index (χ3v) is 6.11. The van der Waals surface area contributed by atoms with Crippen molar-refractivity contribution in [3.63, 3.8) is 0 Å². The van der Waals surface area contributed by atoms with Crippen molar-refractivity contribution in [2.45, 2.75) is 6.61 Å². The second-order valence-corrected chi connectivity index (χ2v) is 8.74. The number of nitrogens with zero attached hydrogens (tertiary/aromatic N) is 1. The topological polar surface area (TPSA) is 46.6 Å². The van der Waals surface area contributed by atoms with Crippen LogP contribution in [0.1, 0.15) is 11.1 Å². The van der Waals surface area contributed by atoms with Gasteiger partial charge in [-0.2, -0.15) is 0 Å². The first kappa shape index (κ1) is 20.7. The Morgan fingerprint density at radius 3 is 2.43 bits per heavy atom. The number of ether oxygens (including phenoxy) is 1. The number of hydrogen-bond donors (Lipinski definition) is 0. The predicted molar refractivity (Wildman–Crippen MR) is 125 cm³/mol. The molecule has 7 heteroatoms. The molecule has 1 saturated heterocycles. The lowest BCUT2D eigenvalue weighted by Crippen LogP contribution is -2.27. The summed E-state index contributed by atoms with van der Waals surface area (Å²) in [6.07, 6.45) is 1.70. The Kier molecular flexibility index (Phi) is 6.27. The Labute approximate surface area is 191 Å². The van der Waals surface area contributed by atoms with Gasteiger partial charge in [-0.3, -0.25) is 9.59 Å². The van der Waals surface area contributed by atoms with E-state index in [2.05, 4.69) is 15.9 Å². The molecular weight excluding hydrogens is 486 g/mol. The Hall–Kier alpha value is -2.54. The van der Waals surface area contributed by atoms with Crippen LogP contribution in [0, 0.1) is 0 Å². The number of rotatable bonds is 5. The highest BCUT2D eigenvalue weighted by Crippen LogP contribution is 2.37. The van der Waals surface area contributed by atoms with Gasteiger partial charge in [0, 0.05) is 5.02 Å². The lowest BCUT2D eigenvalue weighted by molar-refractivity contribution is -0.113. The lowest BCUT2D eigenvalue weighted by Gasteiger charge is -2.12. The minimum Gasteiger partial charge on any atom is -0.488 e. The minimum absolute atomic E-state index is 0.338. The van der Waals surface area contributed by atoms with Crippen molar-refractivity contribution in [2.24, 2.45) is 0 Å². The van der Waals surface area contributed by atoms with Gasteiger partial charge in [0.1, 0.15) is 12.4 Å². The quantitative estimate of drug-likeness (QED) is 0.357. The summed E-state index contributed by atoms with van der Waals surface area (Å²) < 4.78 is 6.63. The summed E-state index contributed by atoms with van der Waals surface area (Å²) in [7, 11) is 0. The van der Waals surface area contributed by atoms with E-state index in [1.807, 2.05) is 48.5 Å². The SMILES string of the molecule is O=C1S/C(=C/c2ccc(OCc3ccccc3)c(Br)c2)C(=O)N1c1ccc(Cl)cc1. The normalized spacial score (nSPS) is 15.1. The molecule has 0 saturated carbocycles. The maximum absolute atomic E-state index is 12.8. The van der Waals surface area contributed by atoms with Crippen LogP contribution >= 0.6 is 39.3 Å². The van der Waals surface area contributed by atoms with Gasteiger partial charge >= 0.3 is 0 Å². The van der Waals surface area contributed by atoms with Crippen LogP contribution in [0.25, 0.3) is 6.08 Å². The van der Waals surface area contributed by atoms with Gasteiger partial charge < -0.3 is 4.74 Å². The fourth-order valence-electron chi connectivity index (χ4n) is 2.89. The molecule has 0 atom stereocenters. The van der Waals surface area contributed by atoms with Crippen molar-refractivity contribution < 1.29 is 14.3 Å². The van der Waals surface area contributed by atoms with Crippen LogP contribution in [0.5, 0.6) is 5.75 Å². The molecule has 1 aliphatic rings. The van der Waals surface area contributed by atoms with Crippen LogP contribution < -0.4 is 9.64 Å². The maximum Gasteiger partial charge on any atom is 0.298 e. The molecule has 2 amide bonds. The summed E-state index contributed by atoms with van der Waals surface area (Å²) in [4.78, 5) is 26.7. The van der Waals surface area contributed by atoms with E-state index in [-0.39, 0.29) is 11.1 Å². The molecule has 30 heavy (non-hydrogen) atoms. The first-order valence-electron chi connectivity index (χ1n) is 9.01. The van der Waals surface area contributed by atoms with Gasteiger partial charge in [0.25, 0.3) is 11.1 Å². The molecule has 3 aromatic rings. The Bertz CT molecular complexity index is 1130. The second kappa shape index (κ2) is 9.08. The first-order valence-corrected chi connectivity index (χ1v) is 11.0. The number of halogens is 2. The van der Waals surface area contributed by atoms with E-state index in [4.69, 9.17) is 16.3 Å². The summed E-state index contributed by atoms with van der Waals surface area (Å²) in [6.45, 7) is 0.457. The molecule has 1 aliphatic heterocycles. The number of carbonyl (C=O) groups excluding carboxylic acids is 2. The van der Waals surface area contributed by atoms with Gasteiger partial charge in [-0.15, -0.1) is 0 Å². The third-order valence-electron chi connectivity index (χ3n) is 4.37. The van der Waals surface area contributed by atoms with E-state index in [1.54, 1.807) is 30.3 Å². The van der Waals surface area contributed by atoms with E-state index in [0.29, 0.717) is 28.0 Å². The molecule has 0 radical (unpaired) electrons. The van der Waals surface area contributed by atoms with Gasteiger partial charge in [0.15, 0.2) is 0 Å². The first-order chi connectivity index (χ1) is 14.5. The molecule has 0 aromatic heterocycles. The van der Waals surface area contributed by atoms with Crippen LogP contribution in [-0.2, 0) is 11.4 Å².